The van der Waals surface area contributed by atoms with Gasteiger partial charge >= 0.3 is 0 Å². The second-order valence-electron chi connectivity index (χ2n) is 5.63. The number of carbonyl (C=O) groups is 2. The van der Waals surface area contributed by atoms with E-state index in [0.29, 0.717) is 19.6 Å². The van der Waals surface area contributed by atoms with E-state index in [9.17, 15) is 9.59 Å². The first-order valence-corrected chi connectivity index (χ1v) is 7.57. The van der Waals surface area contributed by atoms with Crippen LogP contribution in [0, 0.1) is 5.41 Å². The molecule has 0 spiro atoms. The lowest BCUT2D eigenvalue weighted by molar-refractivity contribution is -0.148. The standard InChI is InChI=1S/C17H26N2O3/c1-6-19(7-2)16(21)17(3,4)15(20)18-12-13-8-10-14(22-5)11-9-13/h8-11H,6-7,12H2,1-5H3,(H,18,20). The van der Waals surface area contributed by atoms with Gasteiger partial charge in [0.2, 0.25) is 11.8 Å². The fourth-order valence-corrected chi connectivity index (χ4v) is 2.15. The molecular formula is C17H26N2O3. The Morgan fingerprint density at radius 1 is 1.14 bits per heavy atom. The molecule has 0 heterocycles. The van der Waals surface area contributed by atoms with E-state index in [0.717, 1.165) is 11.3 Å². The molecule has 0 aliphatic carbocycles. The average Bonchev–Trinajstić information content (AvgIpc) is 2.53. The van der Waals surface area contributed by atoms with E-state index >= 15 is 0 Å². The van der Waals surface area contributed by atoms with Crippen molar-refractivity contribution in [3.8, 4) is 5.75 Å². The van der Waals surface area contributed by atoms with Gasteiger partial charge in [-0.3, -0.25) is 9.59 Å². The summed E-state index contributed by atoms with van der Waals surface area (Å²) in [5, 5.41) is 2.83. The van der Waals surface area contributed by atoms with E-state index in [1.54, 1.807) is 25.9 Å². The van der Waals surface area contributed by atoms with Gasteiger partial charge in [0.25, 0.3) is 0 Å². The first-order valence-electron chi connectivity index (χ1n) is 7.57. The maximum Gasteiger partial charge on any atom is 0.237 e. The van der Waals surface area contributed by atoms with Crippen LogP contribution in [0.3, 0.4) is 0 Å². The molecule has 0 saturated heterocycles. The van der Waals surface area contributed by atoms with Crippen LogP contribution in [0.4, 0.5) is 0 Å². The summed E-state index contributed by atoms with van der Waals surface area (Å²) in [5.74, 6) is 0.358. The molecule has 0 aliphatic rings. The zero-order valence-corrected chi connectivity index (χ0v) is 14.1. The highest BCUT2D eigenvalue weighted by molar-refractivity contribution is 6.04. The van der Waals surface area contributed by atoms with E-state index in [1.807, 2.05) is 38.1 Å². The summed E-state index contributed by atoms with van der Waals surface area (Å²) in [5.41, 5.74) is -0.112. The molecular weight excluding hydrogens is 280 g/mol. The van der Waals surface area contributed by atoms with Crippen LogP contribution in [0.2, 0.25) is 0 Å². The number of methoxy groups -OCH3 is 1. The fourth-order valence-electron chi connectivity index (χ4n) is 2.15. The lowest BCUT2D eigenvalue weighted by Gasteiger charge is -2.29. The van der Waals surface area contributed by atoms with Crippen LogP contribution in [-0.4, -0.2) is 36.9 Å². The van der Waals surface area contributed by atoms with Crippen molar-refractivity contribution in [2.45, 2.75) is 34.2 Å². The first kappa shape index (κ1) is 18.0. The quantitative estimate of drug-likeness (QED) is 0.786. The molecule has 1 rings (SSSR count). The first-order chi connectivity index (χ1) is 10.4. The smallest absolute Gasteiger partial charge is 0.237 e. The van der Waals surface area contributed by atoms with E-state index in [2.05, 4.69) is 5.32 Å². The number of amides is 2. The van der Waals surface area contributed by atoms with E-state index in [1.165, 1.54) is 0 Å². The van der Waals surface area contributed by atoms with Crippen molar-refractivity contribution in [1.29, 1.82) is 0 Å². The molecule has 0 aliphatic heterocycles. The Labute approximate surface area is 132 Å². The third-order valence-electron chi connectivity index (χ3n) is 3.77. The zero-order chi connectivity index (χ0) is 16.8. The number of hydrogen-bond donors (Lipinski definition) is 1. The lowest BCUT2D eigenvalue weighted by Crippen LogP contribution is -2.49. The lowest BCUT2D eigenvalue weighted by atomic mass is 9.90. The molecule has 0 radical (unpaired) electrons. The minimum absolute atomic E-state index is 0.148. The maximum atomic E-state index is 12.4. The molecule has 0 fully saturated rings. The Kier molecular flexibility index (Phi) is 6.40. The summed E-state index contributed by atoms with van der Waals surface area (Å²) >= 11 is 0. The van der Waals surface area contributed by atoms with Gasteiger partial charge in [0.05, 0.1) is 7.11 Å². The molecule has 0 saturated carbocycles. The molecule has 1 aromatic rings. The summed E-state index contributed by atoms with van der Waals surface area (Å²) in [4.78, 5) is 26.4. The third kappa shape index (κ3) is 4.23. The van der Waals surface area contributed by atoms with Crippen LogP contribution in [0.5, 0.6) is 5.75 Å². The summed E-state index contributed by atoms with van der Waals surface area (Å²) < 4.78 is 5.09. The molecule has 122 valence electrons. The van der Waals surface area contributed by atoms with Crippen LogP contribution in [0.1, 0.15) is 33.3 Å². The topological polar surface area (TPSA) is 58.6 Å². The van der Waals surface area contributed by atoms with Gasteiger partial charge in [0.1, 0.15) is 11.2 Å². The monoisotopic (exact) mass is 306 g/mol. The number of ether oxygens (including phenoxy) is 1. The minimum Gasteiger partial charge on any atom is -0.497 e. The van der Waals surface area contributed by atoms with Gasteiger partial charge in [-0.15, -0.1) is 0 Å². The normalized spacial score (nSPS) is 11.0. The van der Waals surface area contributed by atoms with Crippen molar-refractivity contribution in [2.24, 2.45) is 5.41 Å². The number of nitrogens with zero attached hydrogens (tertiary/aromatic N) is 1. The van der Waals surface area contributed by atoms with Crippen molar-refractivity contribution in [2.75, 3.05) is 20.2 Å². The molecule has 2 amide bonds. The van der Waals surface area contributed by atoms with E-state index in [-0.39, 0.29) is 11.8 Å². The number of carbonyl (C=O) groups excluding carboxylic acids is 2. The van der Waals surface area contributed by atoms with Gasteiger partial charge in [-0.1, -0.05) is 12.1 Å². The number of nitrogens with one attached hydrogen (secondary N) is 1. The van der Waals surface area contributed by atoms with Crippen molar-refractivity contribution in [3.05, 3.63) is 29.8 Å². The van der Waals surface area contributed by atoms with Crippen molar-refractivity contribution in [3.63, 3.8) is 0 Å². The van der Waals surface area contributed by atoms with Gasteiger partial charge in [-0.05, 0) is 45.4 Å². The van der Waals surface area contributed by atoms with Crippen LogP contribution in [0.15, 0.2) is 24.3 Å². The van der Waals surface area contributed by atoms with Crippen molar-refractivity contribution < 1.29 is 14.3 Å². The summed E-state index contributed by atoms with van der Waals surface area (Å²) in [6.07, 6.45) is 0. The van der Waals surface area contributed by atoms with Crippen LogP contribution in [-0.2, 0) is 16.1 Å². The highest BCUT2D eigenvalue weighted by Gasteiger charge is 2.38. The van der Waals surface area contributed by atoms with Crippen LogP contribution >= 0.6 is 0 Å². The third-order valence-corrected chi connectivity index (χ3v) is 3.77. The molecule has 22 heavy (non-hydrogen) atoms. The molecule has 5 nitrogen and oxygen atoms in total. The molecule has 0 atom stereocenters. The van der Waals surface area contributed by atoms with Gasteiger partial charge < -0.3 is 15.0 Å². The molecule has 1 N–H and O–H groups in total. The molecule has 0 aromatic heterocycles. The minimum atomic E-state index is -1.07. The SMILES string of the molecule is CCN(CC)C(=O)C(C)(C)C(=O)NCc1ccc(OC)cc1. The summed E-state index contributed by atoms with van der Waals surface area (Å²) in [6, 6.07) is 7.46. The molecule has 0 unspecified atom stereocenters. The molecule has 1 aromatic carbocycles. The predicted octanol–water partition coefficient (Wildman–Crippen LogP) is 2.21. The Morgan fingerprint density at radius 2 is 1.68 bits per heavy atom. The number of hydrogen-bond acceptors (Lipinski definition) is 3. The Bertz CT molecular complexity index is 505. The molecule has 5 heteroatoms. The van der Waals surface area contributed by atoms with Crippen molar-refractivity contribution >= 4 is 11.8 Å². The maximum absolute atomic E-state index is 12.4. The van der Waals surface area contributed by atoms with E-state index in [4.69, 9.17) is 4.74 Å². The average molecular weight is 306 g/mol. The van der Waals surface area contributed by atoms with Crippen molar-refractivity contribution in [1.82, 2.24) is 10.2 Å². The van der Waals surface area contributed by atoms with Gasteiger partial charge in [0.15, 0.2) is 0 Å². The highest BCUT2D eigenvalue weighted by atomic mass is 16.5. The van der Waals surface area contributed by atoms with E-state index < -0.39 is 5.41 Å². The number of benzene rings is 1. The second-order valence-corrected chi connectivity index (χ2v) is 5.63. The predicted molar refractivity (Wildman–Crippen MR) is 86.5 cm³/mol. The summed E-state index contributed by atoms with van der Waals surface area (Å²) in [6.45, 7) is 8.74. The highest BCUT2D eigenvalue weighted by Crippen LogP contribution is 2.20. The second kappa shape index (κ2) is 7.82. The zero-order valence-electron chi connectivity index (χ0n) is 14.1. The Balaban J connectivity index is 2.67. The Morgan fingerprint density at radius 3 is 2.14 bits per heavy atom. The number of rotatable bonds is 7. The molecule has 0 bridgehead atoms. The fraction of sp³-hybridized carbons (Fsp3) is 0.529. The van der Waals surface area contributed by atoms with Crippen LogP contribution < -0.4 is 10.1 Å². The Hall–Kier alpha value is -2.04. The largest absolute Gasteiger partial charge is 0.497 e. The van der Waals surface area contributed by atoms with Gasteiger partial charge in [-0.25, -0.2) is 0 Å². The van der Waals surface area contributed by atoms with Gasteiger partial charge in [-0.2, -0.15) is 0 Å². The van der Waals surface area contributed by atoms with Crippen LogP contribution in [0.25, 0.3) is 0 Å². The van der Waals surface area contributed by atoms with Gasteiger partial charge in [0, 0.05) is 19.6 Å². The summed E-state index contributed by atoms with van der Waals surface area (Å²) in [7, 11) is 1.61.